The molecule has 402 valence electrons. The quantitative estimate of drug-likeness (QED) is 0.101. The molecular formula is C51H53BCl3F4N9O6S2. The van der Waals surface area contributed by atoms with Crippen LogP contribution in [0.1, 0.15) is 93.5 Å². The van der Waals surface area contributed by atoms with Gasteiger partial charge in [0, 0.05) is 52.5 Å². The molecule has 2 aromatic carbocycles. The van der Waals surface area contributed by atoms with Crippen LogP contribution < -0.4 is 10.2 Å². The highest BCUT2D eigenvalue weighted by atomic mass is 35.5. The highest BCUT2D eigenvalue weighted by Crippen LogP contribution is 2.38. The van der Waals surface area contributed by atoms with Crippen LogP contribution in [0.5, 0.6) is 0 Å². The fourth-order valence-corrected chi connectivity index (χ4v) is 12.3. The second kappa shape index (κ2) is 22.0. The van der Waals surface area contributed by atoms with Crippen LogP contribution in [0.25, 0.3) is 44.7 Å². The summed E-state index contributed by atoms with van der Waals surface area (Å²) in [5, 5.41) is 16.5. The van der Waals surface area contributed by atoms with Crippen LogP contribution in [-0.2, 0) is 29.2 Å². The first-order chi connectivity index (χ1) is 35.3. The van der Waals surface area contributed by atoms with Crippen molar-refractivity contribution in [1.29, 1.82) is 0 Å². The number of sulfonamides is 1. The molecule has 7 heterocycles. The smallest absolute Gasteiger partial charge is 0.399 e. The first kappa shape index (κ1) is 58.1. The normalized spacial score (nSPS) is 14.8. The Morgan fingerprint density at radius 3 is 1.61 bits per heavy atom. The van der Waals surface area contributed by atoms with E-state index >= 15 is 0 Å². The van der Waals surface area contributed by atoms with Crippen LogP contribution in [0.2, 0.25) is 15.6 Å². The van der Waals surface area contributed by atoms with E-state index in [0.29, 0.717) is 16.0 Å². The number of sulfone groups is 1. The Balaban J connectivity index is 0.000000174. The van der Waals surface area contributed by atoms with E-state index < -0.39 is 83.2 Å². The summed E-state index contributed by atoms with van der Waals surface area (Å²) < 4.78 is 123. The Labute approximate surface area is 453 Å². The number of aromatic nitrogens is 8. The zero-order valence-electron chi connectivity index (χ0n) is 42.8. The summed E-state index contributed by atoms with van der Waals surface area (Å²) in [4.78, 5) is 6.40. The average Bonchev–Trinajstić information content (AvgIpc) is 4.04. The lowest BCUT2D eigenvalue weighted by atomic mass is 9.80. The van der Waals surface area contributed by atoms with Gasteiger partial charge in [0.2, 0.25) is 15.3 Å². The highest BCUT2D eigenvalue weighted by molar-refractivity contribution is 7.91. The number of hydrogen-bond acceptors (Lipinski definition) is 12. The van der Waals surface area contributed by atoms with Crippen molar-refractivity contribution < 1.29 is 43.7 Å². The van der Waals surface area contributed by atoms with Gasteiger partial charge < -0.3 is 9.31 Å². The molecule has 0 amide bonds. The third-order valence-electron chi connectivity index (χ3n) is 11.9. The van der Waals surface area contributed by atoms with E-state index in [0.717, 1.165) is 33.8 Å². The van der Waals surface area contributed by atoms with Gasteiger partial charge in [-0.05, 0) is 101 Å². The summed E-state index contributed by atoms with van der Waals surface area (Å²) in [6.07, 6.45) is -0.180. The molecule has 1 aliphatic rings. The van der Waals surface area contributed by atoms with Gasteiger partial charge in [0.15, 0.2) is 26.0 Å². The Morgan fingerprint density at radius 1 is 0.632 bits per heavy atom. The van der Waals surface area contributed by atoms with E-state index in [1.807, 2.05) is 107 Å². The van der Waals surface area contributed by atoms with Gasteiger partial charge in [0.1, 0.15) is 16.3 Å². The fraction of sp³-hybridized carbons (Fsp3) is 0.333. The molecule has 1 aliphatic heterocycles. The van der Waals surface area contributed by atoms with Gasteiger partial charge in [-0.3, -0.25) is 18.8 Å². The largest absolute Gasteiger partial charge is 0.496 e. The average molecular weight is 1150 g/mol. The predicted octanol–water partition coefficient (Wildman–Crippen LogP) is 12.0. The maximum Gasteiger partial charge on any atom is 0.496 e. The zero-order valence-corrected chi connectivity index (χ0v) is 46.7. The molecule has 1 fully saturated rings. The van der Waals surface area contributed by atoms with Crippen molar-refractivity contribution in [2.24, 2.45) is 5.41 Å². The number of halogens is 7. The predicted molar refractivity (Wildman–Crippen MR) is 287 cm³/mol. The van der Waals surface area contributed by atoms with Gasteiger partial charge >= 0.3 is 7.12 Å². The molecule has 0 unspecified atom stereocenters. The zero-order chi connectivity index (χ0) is 55.9. The van der Waals surface area contributed by atoms with E-state index in [-0.39, 0.29) is 27.8 Å². The maximum absolute atomic E-state index is 13.6. The summed E-state index contributed by atoms with van der Waals surface area (Å²) in [6.45, 7) is 17.4. The van der Waals surface area contributed by atoms with Gasteiger partial charge in [-0.25, -0.2) is 39.1 Å². The first-order valence-electron chi connectivity index (χ1n) is 23.3. The summed E-state index contributed by atoms with van der Waals surface area (Å²) in [5.41, 5.74) is 1.25. The monoisotopic (exact) mass is 1140 g/mol. The lowest BCUT2D eigenvalue weighted by Gasteiger charge is -2.32. The third-order valence-corrected chi connectivity index (χ3v) is 16.7. The van der Waals surface area contributed by atoms with Gasteiger partial charge in [-0.15, -0.1) is 20.4 Å². The van der Waals surface area contributed by atoms with E-state index in [2.05, 4.69) is 35.1 Å². The van der Waals surface area contributed by atoms with Gasteiger partial charge in [-0.1, -0.05) is 105 Å². The lowest BCUT2D eigenvalue weighted by molar-refractivity contribution is 0.00578. The Bertz CT molecular complexity index is 3620. The minimum atomic E-state index is -4.21. The van der Waals surface area contributed by atoms with E-state index in [1.54, 1.807) is 56.5 Å². The SMILES string of the molecule is CC(C)(C)CS(=O)(=O)c1cc(-c2nnc(Cl)c3c(-c4ccccc4)ccn23)cnc1C(F)F.CC(C)(C)NS(=O)(=O)c1cc(B2OC(C)(C)C(C)(C)O2)cnc1C(F)F.Clc1nnc(Cl)n2ccc(-c3ccccc3)c12. The molecule has 0 bridgehead atoms. The number of fused-ring (bicyclic) bond motifs is 2. The van der Waals surface area contributed by atoms with Crippen molar-refractivity contribution in [2.75, 3.05) is 5.75 Å². The van der Waals surface area contributed by atoms with Gasteiger partial charge in [-0.2, -0.15) is 0 Å². The molecule has 0 aliphatic carbocycles. The van der Waals surface area contributed by atoms with Crippen LogP contribution in [0.4, 0.5) is 17.6 Å². The van der Waals surface area contributed by atoms with Crippen LogP contribution in [-0.4, -0.2) is 85.6 Å². The summed E-state index contributed by atoms with van der Waals surface area (Å²) >= 11 is 18.4. The molecule has 1 saturated heterocycles. The molecule has 0 spiro atoms. The molecule has 25 heteroatoms. The Hall–Kier alpha value is -5.59. The molecule has 9 rings (SSSR count). The molecule has 15 nitrogen and oxygen atoms in total. The standard InChI is InChI=1S/C23H21ClF2N4O2S.C16H25BF2N2O4S.C12H7Cl2N3/c1-23(2,3)13-33(31,32)17-11-15(12-27-18(17)21(25)26)22-29-28-20(24)19-16(9-10-30(19)22)14-7-5-4-6-8-14;1-14(2,3)21-26(22,23)11-8-10(9-20-12(11)13(18)19)17-24-15(4,5)16(6,7)25-17;13-11-10-9(8-4-2-1-3-5-8)6-7-17(10)12(14)16-15-11/h4-12,21H,13H2,1-3H3;8-9,13,21H,1-7H3;1-7H. The summed E-state index contributed by atoms with van der Waals surface area (Å²) in [6, 6.07) is 25.6. The van der Waals surface area contributed by atoms with Crippen LogP contribution in [0.15, 0.2) is 120 Å². The molecular weight excluding hydrogens is 1090 g/mol. The maximum atomic E-state index is 13.6. The second-order valence-corrected chi connectivity index (χ2v) is 25.5. The highest BCUT2D eigenvalue weighted by Gasteiger charge is 2.52. The van der Waals surface area contributed by atoms with E-state index in [1.165, 1.54) is 18.5 Å². The summed E-state index contributed by atoms with van der Waals surface area (Å²) in [5.74, 6) is -0.0778. The van der Waals surface area contributed by atoms with Crippen molar-refractivity contribution in [1.82, 2.24) is 43.9 Å². The molecule has 8 aromatic rings. The minimum Gasteiger partial charge on any atom is -0.399 e. The third kappa shape index (κ3) is 12.9. The molecule has 0 atom stereocenters. The van der Waals surface area contributed by atoms with Crippen LogP contribution >= 0.6 is 34.8 Å². The van der Waals surface area contributed by atoms with Crippen LogP contribution in [0, 0.1) is 5.41 Å². The van der Waals surface area contributed by atoms with Crippen LogP contribution in [0.3, 0.4) is 0 Å². The van der Waals surface area contributed by atoms with E-state index in [9.17, 15) is 34.4 Å². The van der Waals surface area contributed by atoms with Gasteiger partial charge in [0.05, 0.1) is 32.9 Å². The number of pyridine rings is 2. The van der Waals surface area contributed by atoms with E-state index in [4.69, 9.17) is 44.1 Å². The topological polar surface area (TPSA) is 185 Å². The molecule has 76 heavy (non-hydrogen) atoms. The van der Waals surface area contributed by atoms with Crippen molar-refractivity contribution in [3.05, 3.63) is 137 Å². The fourth-order valence-electron chi connectivity index (χ4n) is 7.94. The van der Waals surface area contributed by atoms with Crippen molar-refractivity contribution in [3.63, 3.8) is 0 Å². The number of hydrogen-bond donors (Lipinski definition) is 1. The second-order valence-electron chi connectivity index (χ2n) is 20.8. The Morgan fingerprint density at radius 2 is 1.11 bits per heavy atom. The molecule has 6 aromatic heterocycles. The van der Waals surface area contributed by atoms with Crippen molar-refractivity contribution in [2.45, 2.75) is 109 Å². The van der Waals surface area contributed by atoms with Crippen molar-refractivity contribution >= 4 is 78.3 Å². The minimum absolute atomic E-state index is 0.153. The lowest BCUT2D eigenvalue weighted by Crippen LogP contribution is -2.42. The number of nitrogens with zero attached hydrogens (tertiary/aromatic N) is 8. The number of rotatable bonds is 10. The number of alkyl halides is 4. The number of benzene rings is 2. The Kier molecular flexibility index (Phi) is 16.9. The molecule has 0 saturated carbocycles. The first-order valence-corrected chi connectivity index (χ1v) is 27.6. The molecule has 0 radical (unpaired) electrons. The van der Waals surface area contributed by atoms with Crippen molar-refractivity contribution in [3.8, 4) is 33.6 Å². The number of nitrogens with one attached hydrogen (secondary N) is 1. The molecule has 1 N–H and O–H groups in total. The van der Waals surface area contributed by atoms with Gasteiger partial charge in [0.25, 0.3) is 12.9 Å². The summed E-state index contributed by atoms with van der Waals surface area (Å²) in [7, 11) is -9.16.